The van der Waals surface area contributed by atoms with Gasteiger partial charge in [0.05, 0.1) is 26.5 Å². The van der Waals surface area contributed by atoms with Crippen molar-refractivity contribution in [3.8, 4) is 11.5 Å². The summed E-state index contributed by atoms with van der Waals surface area (Å²) in [5.41, 5.74) is 2.68. The zero-order valence-corrected chi connectivity index (χ0v) is 16.6. The number of nitrogens with zero attached hydrogens (tertiary/aromatic N) is 2. The number of benzene rings is 1. The van der Waals surface area contributed by atoms with Crippen LogP contribution in [0.25, 0.3) is 0 Å². The Morgan fingerprint density at radius 1 is 1.11 bits per heavy atom. The molecule has 146 valence electrons. The van der Waals surface area contributed by atoms with Crippen LogP contribution in [0, 0.1) is 6.92 Å². The molecule has 0 atom stereocenters. The Labute approximate surface area is 164 Å². The number of aromatic nitrogens is 1. The summed E-state index contributed by atoms with van der Waals surface area (Å²) in [5.74, 6) is 2.27. The summed E-state index contributed by atoms with van der Waals surface area (Å²) in [7, 11) is 4.98. The van der Waals surface area contributed by atoms with E-state index in [-0.39, 0.29) is 5.91 Å². The highest BCUT2D eigenvalue weighted by Crippen LogP contribution is 2.27. The molecule has 3 rings (SSSR count). The lowest BCUT2D eigenvalue weighted by molar-refractivity contribution is 0.0750. The number of carbonyl (C=O) groups excluding carboxylic acids is 1. The minimum atomic E-state index is -0.188. The van der Waals surface area contributed by atoms with Gasteiger partial charge < -0.3 is 18.8 Å². The van der Waals surface area contributed by atoms with Crippen LogP contribution in [0.15, 0.2) is 52.9 Å². The number of ether oxygens (including phenoxy) is 2. The van der Waals surface area contributed by atoms with Gasteiger partial charge >= 0.3 is 0 Å². The third-order valence-corrected chi connectivity index (χ3v) is 4.42. The number of aryl methyl sites for hydroxylation is 1. The van der Waals surface area contributed by atoms with Gasteiger partial charge in [0.1, 0.15) is 17.3 Å². The van der Waals surface area contributed by atoms with Gasteiger partial charge in [-0.2, -0.15) is 0 Å². The van der Waals surface area contributed by atoms with Gasteiger partial charge in [-0.05, 0) is 49.4 Å². The van der Waals surface area contributed by atoms with Crippen LogP contribution in [0.1, 0.15) is 33.3 Å². The minimum Gasteiger partial charge on any atom is -0.497 e. The maximum Gasteiger partial charge on any atom is 0.289 e. The number of furan rings is 1. The van der Waals surface area contributed by atoms with Crippen molar-refractivity contribution < 1.29 is 18.7 Å². The fraction of sp³-hybridized carbons (Fsp3) is 0.273. The number of carbonyl (C=O) groups is 1. The lowest BCUT2D eigenvalue weighted by Crippen LogP contribution is -2.26. The van der Waals surface area contributed by atoms with E-state index in [1.807, 2.05) is 49.4 Å². The minimum absolute atomic E-state index is 0.188. The first-order chi connectivity index (χ1) is 13.5. The van der Waals surface area contributed by atoms with Crippen molar-refractivity contribution in [1.29, 1.82) is 0 Å². The summed E-state index contributed by atoms with van der Waals surface area (Å²) in [6, 6.07) is 14.9. The molecule has 0 saturated heterocycles. The first kappa shape index (κ1) is 19.5. The third-order valence-electron chi connectivity index (χ3n) is 4.42. The van der Waals surface area contributed by atoms with Crippen molar-refractivity contribution >= 4 is 5.91 Å². The molecule has 2 heterocycles. The molecule has 0 fully saturated rings. The largest absolute Gasteiger partial charge is 0.497 e. The molecule has 6 nitrogen and oxygen atoms in total. The highest BCUT2D eigenvalue weighted by molar-refractivity contribution is 5.91. The highest BCUT2D eigenvalue weighted by Gasteiger charge is 2.18. The van der Waals surface area contributed by atoms with E-state index in [1.54, 1.807) is 32.2 Å². The molecule has 0 N–H and O–H groups in total. The molecular weight excluding hydrogens is 356 g/mol. The number of rotatable bonds is 7. The molecule has 6 heteroatoms. The second-order valence-electron chi connectivity index (χ2n) is 6.55. The van der Waals surface area contributed by atoms with Crippen molar-refractivity contribution in [2.24, 2.45) is 0 Å². The van der Waals surface area contributed by atoms with Gasteiger partial charge in [0.2, 0.25) is 0 Å². The van der Waals surface area contributed by atoms with E-state index in [0.29, 0.717) is 24.5 Å². The summed E-state index contributed by atoms with van der Waals surface area (Å²) in [5, 5.41) is 0. The molecule has 2 aromatic heterocycles. The van der Waals surface area contributed by atoms with Gasteiger partial charge in [0.25, 0.3) is 5.91 Å². The quantitative estimate of drug-likeness (QED) is 0.623. The maximum atomic E-state index is 12.7. The number of amides is 1. The Bertz CT molecular complexity index is 965. The van der Waals surface area contributed by atoms with Crippen molar-refractivity contribution in [3.63, 3.8) is 0 Å². The van der Waals surface area contributed by atoms with Crippen LogP contribution in [0.3, 0.4) is 0 Å². The fourth-order valence-electron chi connectivity index (χ4n) is 2.99. The SMILES string of the molecule is COc1ccc(OC)c(Cc2ccc(C(=O)N(C)Cc3cccc(C)n3)o2)c1. The molecule has 28 heavy (non-hydrogen) atoms. The molecule has 0 aliphatic carbocycles. The second kappa shape index (κ2) is 8.61. The van der Waals surface area contributed by atoms with E-state index in [2.05, 4.69) is 4.98 Å². The maximum absolute atomic E-state index is 12.7. The van der Waals surface area contributed by atoms with E-state index in [4.69, 9.17) is 13.9 Å². The van der Waals surface area contributed by atoms with Crippen molar-refractivity contribution in [2.45, 2.75) is 19.9 Å². The average molecular weight is 380 g/mol. The van der Waals surface area contributed by atoms with Crippen LogP contribution in [-0.2, 0) is 13.0 Å². The summed E-state index contributed by atoms with van der Waals surface area (Å²) in [4.78, 5) is 18.7. The molecule has 0 unspecified atom stereocenters. The molecule has 0 bridgehead atoms. The van der Waals surface area contributed by atoms with Crippen LogP contribution in [0.2, 0.25) is 0 Å². The third kappa shape index (κ3) is 4.52. The van der Waals surface area contributed by atoms with Gasteiger partial charge in [0.15, 0.2) is 5.76 Å². The van der Waals surface area contributed by atoms with Crippen LogP contribution < -0.4 is 9.47 Å². The number of methoxy groups -OCH3 is 2. The Morgan fingerprint density at radius 3 is 2.64 bits per heavy atom. The molecule has 0 spiro atoms. The van der Waals surface area contributed by atoms with Gasteiger partial charge in [-0.15, -0.1) is 0 Å². The van der Waals surface area contributed by atoms with Crippen LogP contribution in [0.5, 0.6) is 11.5 Å². The number of hydrogen-bond acceptors (Lipinski definition) is 5. The molecule has 0 aliphatic rings. The first-order valence-electron chi connectivity index (χ1n) is 8.97. The molecule has 1 amide bonds. The molecule has 3 aromatic rings. The standard InChI is InChI=1S/C22H24N2O4/c1-15-6-5-7-17(23-15)14-24(2)22(25)21-11-9-19(28-21)13-16-12-18(26-3)8-10-20(16)27-4/h5-12H,13-14H2,1-4H3. The van der Waals surface area contributed by atoms with E-state index < -0.39 is 0 Å². The zero-order valence-electron chi connectivity index (χ0n) is 16.6. The Balaban J connectivity index is 1.72. The van der Waals surface area contributed by atoms with Crippen LogP contribution >= 0.6 is 0 Å². The Kier molecular flexibility index (Phi) is 5.99. The normalized spacial score (nSPS) is 10.6. The van der Waals surface area contributed by atoms with Crippen LogP contribution in [0.4, 0.5) is 0 Å². The zero-order chi connectivity index (χ0) is 20.1. The number of pyridine rings is 1. The van der Waals surface area contributed by atoms with Gasteiger partial charge in [0, 0.05) is 24.7 Å². The van der Waals surface area contributed by atoms with Crippen LogP contribution in [-0.4, -0.2) is 37.1 Å². The first-order valence-corrected chi connectivity index (χ1v) is 8.97. The molecular formula is C22H24N2O4. The molecule has 0 saturated carbocycles. The predicted molar refractivity (Wildman–Crippen MR) is 106 cm³/mol. The molecule has 0 radical (unpaired) electrons. The summed E-state index contributed by atoms with van der Waals surface area (Å²) >= 11 is 0. The van der Waals surface area contributed by atoms with Gasteiger partial charge in [-0.25, -0.2) is 0 Å². The monoisotopic (exact) mass is 380 g/mol. The lowest BCUT2D eigenvalue weighted by atomic mass is 10.1. The Morgan fingerprint density at radius 2 is 1.93 bits per heavy atom. The average Bonchev–Trinajstić information content (AvgIpc) is 3.15. The topological polar surface area (TPSA) is 64.8 Å². The molecule has 0 aliphatic heterocycles. The summed E-state index contributed by atoms with van der Waals surface area (Å²) in [6.45, 7) is 2.34. The lowest BCUT2D eigenvalue weighted by Gasteiger charge is -2.15. The van der Waals surface area contributed by atoms with Crippen molar-refractivity contribution in [2.75, 3.05) is 21.3 Å². The fourth-order valence-corrected chi connectivity index (χ4v) is 2.99. The van der Waals surface area contributed by atoms with Gasteiger partial charge in [-0.1, -0.05) is 6.07 Å². The summed E-state index contributed by atoms with van der Waals surface area (Å²) < 4.78 is 16.5. The van der Waals surface area contributed by atoms with E-state index in [1.165, 1.54) is 0 Å². The highest BCUT2D eigenvalue weighted by atomic mass is 16.5. The smallest absolute Gasteiger partial charge is 0.289 e. The Hall–Kier alpha value is -3.28. The van der Waals surface area contributed by atoms with E-state index in [0.717, 1.165) is 28.5 Å². The van der Waals surface area contributed by atoms with Gasteiger partial charge in [-0.3, -0.25) is 9.78 Å². The van der Waals surface area contributed by atoms with E-state index in [9.17, 15) is 4.79 Å². The predicted octanol–water partition coefficient (Wildman–Crippen LogP) is 3.86. The van der Waals surface area contributed by atoms with Crippen molar-refractivity contribution in [3.05, 3.63) is 77.0 Å². The molecule has 1 aromatic carbocycles. The van der Waals surface area contributed by atoms with E-state index >= 15 is 0 Å². The number of hydrogen-bond donors (Lipinski definition) is 0. The van der Waals surface area contributed by atoms with Crippen molar-refractivity contribution in [1.82, 2.24) is 9.88 Å². The summed E-state index contributed by atoms with van der Waals surface area (Å²) in [6.07, 6.45) is 0.497. The second-order valence-corrected chi connectivity index (χ2v) is 6.55.